The SMILES string of the molecule is CCCc1cc(NC(C)(C)C)ncn1. The van der Waals surface area contributed by atoms with E-state index in [-0.39, 0.29) is 5.54 Å². The van der Waals surface area contributed by atoms with E-state index in [1.54, 1.807) is 6.33 Å². The predicted molar refractivity (Wildman–Crippen MR) is 59.4 cm³/mol. The summed E-state index contributed by atoms with van der Waals surface area (Å²) in [7, 11) is 0. The van der Waals surface area contributed by atoms with Gasteiger partial charge < -0.3 is 5.32 Å². The van der Waals surface area contributed by atoms with Crippen molar-refractivity contribution in [1.29, 1.82) is 0 Å². The first-order valence-electron chi connectivity index (χ1n) is 5.10. The van der Waals surface area contributed by atoms with Gasteiger partial charge >= 0.3 is 0 Å². The maximum atomic E-state index is 4.21. The fourth-order valence-electron chi connectivity index (χ4n) is 1.24. The van der Waals surface area contributed by atoms with Gasteiger partial charge in [-0.2, -0.15) is 0 Å². The molecule has 0 aliphatic carbocycles. The Morgan fingerprint density at radius 3 is 2.57 bits per heavy atom. The zero-order valence-corrected chi connectivity index (χ0v) is 9.46. The Morgan fingerprint density at radius 2 is 2.00 bits per heavy atom. The molecule has 1 aromatic heterocycles. The lowest BCUT2D eigenvalue weighted by Gasteiger charge is -2.21. The average Bonchev–Trinajstić information content (AvgIpc) is 2.02. The van der Waals surface area contributed by atoms with Gasteiger partial charge in [-0.05, 0) is 27.2 Å². The molecule has 3 nitrogen and oxygen atoms in total. The first-order valence-corrected chi connectivity index (χ1v) is 5.10. The van der Waals surface area contributed by atoms with Crippen molar-refractivity contribution in [3.8, 4) is 0 Å². The highest BCUT2D eigenvalue weighted by molar-refractivity contribution is 5.37. The smallest absolute Gasteiger partial charge is 0.129 e. The lowest BCUT2D eigenvalue weighted by molar-refractivity contribution is 0.629. The van der Waals surface area contributed by atoms with Crippen LogP contribution < -0.4 is 5.32 Å². The first kappa shape index (κ1) is 11.0. The minimum Gasteiger partial charge on any atom is -0.365 e. The summed E-state index contributed by atoms with van der Waals surface area (Å²) in [6.45, 7) is 8.51. The van der Waals surface area contributed by atoms with E-state index in [1.807, 2.05) is 6.07 Å². The van der Waals surface area contributed by atoms with E-state index < -0.39 is 0 Å². The second kappa shape index (κ2) is 4.40. The molecule has 0 saturated carbocycles. The van der Waals surface area contributed by atoms with Crippen LogP contribution in [0.3, 0.4) is 0 Å². The molecule has 0 atom stereocenters. The van der Waals surface area contributed by atoms with Gasteiger partial charge in [0.05, 0.1) is 0 Å². The van der Waals surface area contributed by atoms with E-state index in [1.165, 1.54) is 0 Å². The fraction of sp³-hybridized carbons (Fsp3) is 0.636. The molecule has 1 heterocycles. The molecule has 1 N–H and O–H groups in total. The van der Waals surface area contributed by atoms with Crippen LogP contribution in [0.2, 0.25) is 0 Å². The van der Waals surface area contributed by atoms with E-state index in [9.17, 15) is 0 Å². The summed E-state index contributed by atoms with van der Waals surface area (Å²) in [6.07, 6.45) is 3.76. The van der Waals surface area contributed by atoms with Gasteiger partial charge in [0.25, 0.3) is 0 Å². The number of hydrogen-bond acceptors (Lipinski definition) is 3. The second-order valence-corrected chi connectivity index (χ2v) is 4.52. The molecule has 0 fully saturated rings. The molecule has 0 spiro atoms. The van der Waals surface area contributed by atoms with E-state index in [0.29, 0.717) is 0 Å². The Kier molecular flexibility index (Phi) is 3.44. The van der Waals surface area contributed by atoms with Gasteiger partial charge in [0.1, 0.15) is 12.1 Å². The molecule has 0 radical (unpaired) electrons. The highest BCUT2D eigenvalue weighted by Gasteiger charge is 2.10. The number of rotatable bonds is 3. The Labute approximate surface area is 86.0 Å². The third-order valence-corrected chi connectivity index (χ3v) is 1.73. The second-order valence-electron chi connectivity index (χ2n) is 4.52. The lowest BCUT2D eigenvalue weighted by atomic mass is 10.1. The molecule has 1 aromatic rings. The molecule has 0 aromatic carbocycles. The average molecular weight is 193 g/mol. The fourth-order valence-corrected chi connectivity index (χ4v) is 1.24. The Bertz CT molecular complexity index is 289. The van der Waals surface area contributed by atoms with Crippen LogP contribution in [0.5, 0.6) is 0 Å². The van der Waals surface area contributed by atoms with Crippen molar-refractivity contribution in [3.05, 3.63) is 18.1 Å². The normalized spacial score (nSPS) is 11.4. The van der Waals surface area contributed by atoms with Crippen LogP contribution in [0.1, 0.15) is 39.8 Å². The summed E-state index contributed by atoms with van der Waals surface area (Å²) in [5, 5.41) is 3.33. The largest absolute Gasteiger partial charge is 0.365 e. The maximum Gasteiger partial charge on any atom is 0.129 e. The van der Waals surface area contributed by atoms with Crippen LogP contribution in [0.15, 0.2) is 12.4 Å². The molecular weight excluding hydrogens is 174 g/mol. The summed E-state index contributed by atoms with van der Waals surface area (Å²) < 4.78 is 0. The minimum atomic E-state index is 0.0534. The Balaban J connectivity index is 2.73. The van der Waals surface area contributed by atoms with Crippen LogP contribution in [0.25, 0.3) is 0 Å². The molecule has 0 unspecified atom stereocenters. The molecule has 1 rings (SSSR count). The van der Waals surface area contributed by atoms with Crippen molar-refractivity contribution < 1.29 is 0 Å². The van der Waals surface area contributed by atoms with Gasteiger partial charge in [-0.1, -0.05) is 13.3 Å². The van der Waals surface area contributed by atoms with Crippen LogP contribution >= 0.6 is 0 Å². The molecule has 0 bridgehead atoms. The number of nitrogens with one attached hydrogen (secondary N) is 1. The summed E-state index contributed by atoms with van der Waals surface area (Å²) in [5.41, 5.74) is 1.16. The predicted octanol–water partition coefficient (Wildman–Crippen LogP) is 2.64. The molecule has 0 saturated heterocycles. The first-order chi connectivity index (χ1) is 6.51. The van der Waals surface area contributed by atoms with Gasteiger partial charge in [-0.3, -0.25) is 0 Å². The minimum absolute atomic E-state index is 0.0534. The van der Waals surface area contributed by atoms with E-state index in [0.717, 1.165) is 24.4 Å². The van der Waals surface area contributed by atoms with Crippen molar-refractivity contribution in [1.82, 2.24) is 9.97 Å². The molecule has 0 amide bonds. The number of anilines is 1. The molecule has 78 valence electrons. The number of aromatic nitrogens is 2. The molecule has 14 heavy (non-hydrogen) atoms. The summed E-state index contributed by atoms with van der Waals surface area (Å²) in [6, 6.07) is 2.02. The van der Waals surface area contributed by atoms with Crippen molar-refractivity contribution in [2.45, 2.75) is 46.1 Å². The van der Waals surface area contributed by atoms with Crippen molar-refractivity contribution in [2.24, 2.45) is 0 Å². The lowest BCUT2D eigenvalue weighted by Crippen LogP contribution is -2.26. The highest BCUT2D eigenvalue weighted by atomic mass is 15.1. The highest BCUT2D eigenvalue weighted by Crippen LogP contribution is 2.12. The Hall–Kier alpha value is -1.12. The number of nitrogens with zero attached hydrogens (tertiary/aromatic N) is 2. The van der Waals surface area contributed by atoms with Crippen LogP contribution in [-0.2, 0) is 6.42 Å². The molecule has 0 aliphatic heterocycles. The molecular formula is C11H19N3. The van der Waals surface area contributed by atoms with Gasteiger partial charge in [-0.25, -0.2) is 9.97 Å². The van der Waals surface area contributed by atoms with Crippen molar-refractivity contribution in [2.75, 3.05) is 5.32 Å². The zero-order valence-electron chi connectivity index (χ0n) is 9.46. The van der Waals surface area contributed by atoms with Gasteiger partial charge in [-0.15, -0.1) is 0 Å². The van der Waals surface area contributed by atoms with Crippen molar-refractivity contribution >= 4 is 5.82 Å². The zero-order chi connectivity index (χ0) is 10.6. The van der Waals surface area contributed by atoms with Gasteiger partial charge in [0, 0.05) is 17.3 Å². The van der Waals surface area contributed by atoms with Crippen LogP contribution in [0.4, 0.5) is 5.82 Å². The number of aryl methyl sites for hydroxylation is 1. The van der Waals surface area contributed by atoms with Crippen molar-refractivity contribution in [3.63, 3.8) is 0 Å². The third-order valence-electron chi connectivity index (χ3n) is 1.73. The van der Waals surface area contributed by atoms with Crippen LogP contribution in [-0.4, -0.2) is 15.5 Å². The van der Waals surface area contributed by atoms with Gasteiger partial charge in [0.2, 0.25) is 0 Å². The Morgan fingerprint density at radius 1 is 1.29 bits per heavy atom. The topological polar surface area (TPSA) is 37.8 Å². The monoisotopic (exact) mass is 193 g/mol. The molecule has 3 heteroatoms. The summed E-state index contributed by atoms with van der Waals surface area (Å²) >= 11 is 0. The summed E-state index contributed by atoms with van der Waals surface area (Å²) in [4.78, 5) is 8.39. The number of hydrogen-bond donors (Lipinski definition) is 1. The van der Waals surface area contributed by atoms with E-state index in [2.05, 4.69) is 43.0 Å². The van der Waals surface area contributed by atoms with Crippen LogP contribution in [0, 0.1) is 0 Å². The van der Waals surface area contributed by atoms with E-state index in [4.69, 9.17) is 0 Å². The van der Waals surface area contributed by atoms with Gasteiger partial charge in [0.15, 0.2) is 0 Å². The van der Waals surface area contributed by atoms with E-state index >= 15 is 0 Å². The molecule has 0 aliphatic rings. The maximum absolute atomic E-state index is 4.21. The summed E-state index contributed by atoms with van der Waals surface area (Å²) in [5.74, 6) is 0.913. The third kappa shape index (κ3) is 3.73. The quantitative estimate of drug-likeness (QED) is 0.802. The standard InChI is InChI=1S/C11H19N3/c1-5-6-9-7-10(13-8-12-9)14-11(2,3)4/h7-8H,5-6H2,1-4H3,(H,12,13,14).